The maximum Gasteiger partial charge on any atom is 0.292 e. The highest BCUT2D eigenvalue weighted by atomic mass is 19.1. The van der Waals surface area contributed by atoms with Crippen LogP contribution in [-0.4, -0.2) is 9.91 Å². The average molecular weight is 247 g/mol. The van der Waals surface area contributed by atoms with Crippen LogP contribution in [0.15, 0.2) is 42.6 Å². The summed E-state index contributed by atoms with van der Waals surface area (Å²) in [6, 6.07) is 8.65. The molecular formula is C12H10FN3O2. The van der Waals surface area contributed by atoms with Crippen molar-refractivity contribution in [3.8, 4) is 0 Å². The molecule has 5 nitrogen and oxygen atoms in total. The van der Waals surface area contributed by atoms with Crippen LogP contribution in [0.2, 0.25) is 0 Å². The number of aromatic nitrogens is 1. The molecule has 0 radical (unpaired) electrons. The molecule has 0 amide bonds. The Labute approximate surface area is 102 Å². The SMILES string of the molecule is O=[N+]([O-])c1ccc(F)cc1NCc1ccccn1. The number of hydrogen-bond acceptors (Lipinski definition) is 4. The molecule has 6 heteroatoms. The summed E-state index contributed by atoms with van der Waals surface area (Å²) in [6.45, 7) is 0.297. The fourth-order valence-corrected chi connectivity index (χ4v) is 1.50. The van der Waals surface area contributed by atoms with Gasteiger partial charge < -0.3 is 5.32 Å². The van der Waals surface area contributed by atoms with Crippen molar-refractivity contribution in [1.82, 2.24) is 4.98 Å². The van der Waals surface area contributed by atoms with Gasteiger partial charge in [0, 0.05) is 18.3 Å². The fraction of sp³-hybridized carbons (Fsp3) is 0.0833. The first-order chi connectivity index (χ1) is 8.66. The number of nitrogens with zero attached hydrogens (tertiary/aromatic N) is 2. The summed E-state index contributed by atoms with van der Waals surface area (Å²) in [6.07, 6.45) is 1.62. The Morgan fingerprint density at radius 2 is 2.17 bits per heavy atom. The molecule has 0 spiro atoms. The molecule has 2 aromatic rings. The first-order valence-corrected chi connectivity index (χ1v) is 5.24. The Morgan fingerprint density at radius 1 is 1.33 bits per heavy atom. The highest BCUT2D eigenvalue weighted by molar-refractivity contribution is 5.61. The van der Waals surface area contributed by atoms with Gasteiger partial charge in [-0.05, 0) is 18.2 Å². The molecule has 0 saturated carbocycles. The lowest BCUT2D eigenvalue weighted by atomic mass is 10.2. The standard InChI is InChI=1S/C12H10FN3O2/c13-9-4-5-12(16(17)18)11(7-9)15-8-10-3-1-2-6-14-10/h1-7,15H,8H2. The van der Waals surface area contributed by atoms with Gasteiger partial charge in [-0.25, -0.2) is 4.39 Å². The van der Waals surface area contributed by atoms with E-state index in [0.29, 0.717) is 6.54 Å². The second-order valence-corrected chi connectivity index (χ2v) is 3.59. The van der Waals surface area contributed by atoms with Crippen LogP contribution in [0.3, 0.4) is 0 Å². The first-order valence-electron chi connectivity index (χ1n) is 5.24. The zero-order valence-corrected chi connectivity index (χ0v) is 9.34. The minimum Gasteiger partial charge on any atom is -0.374 e. The number of benzene rings is 1. The van der Waals surface area contributed by atoms with Gasteiger partial charge in [-0.15, -0.1) is 0 Å². The number of nitro benzene ring substituents is 1. The van der Waals surface area contributed by atoms with Crippen molar-refractivity contribution in [1.29, 1.82) is 0 Å². The van der Waals surface area contributed by atoms with Gasteiger partial charge in [-0.3, -0.25) is 15.1 Å². The maximum atomic E-state index is 13.1. The molecule has 1 N–H and O–H groups in total. The van der Waals surface area contributed by atoms with E-state index in [2.05, 4.69) is 10.3 Å². The monoisotopic (exact) mass is 247 g/mol. The second-order valence-electron chi connectivity index (χ2n) is 3.59. The average Bonchev–Trinajstić information content (AvgIpc) is 2.37. The summed E-state index contributed by atoms with van der Waals surface area (Å²) < 4.78 is 13.1. The van der Waals surface area contributed by atoms with E-state index in [4.69, 9.17) is 0 Å². The fourth-order valence-electron chi connectivity index (χ4n) is 1.50. The molecule has 0 aliphatic rings. The summed E-state index contributed by atoms with van der Waals surface area (Å²) >= 11 is 0. The van der Waals surface area contributed by atoms with E-state index in [-0.39, 0.29) is 11.4 Å². The largest absolute Gasteiger partial charge is 0.374 e. The minimum absolute atomic E-state index is 0.144. The van der Waals surface area contributed by atoms with Gasteiger partial charge in [0.15, 0.2) is 0 Å². The Balaban J connectivity index is 2.18. The van der Waals surface area contributed by atoms with Gasteiger partial charge in [0.1, 0.15) is 11.5 Å². The highest BCUT2D eigenvalue weighted by Gasteiger charge is 2.13. The van der Waals surface area contributed by atoms with Crippen LogP contribution in [0.1, 0.15) is 5.69 Å². The zero-order chi connectivity index (χ0) is 13.0. The van der Waals surface area contributed by atoms with Crippen molar-refractivity contribution < 1.29 is 9.31 Å². The molecule has 2 rings (SSSR count). The minimum atomic E-state index is -0.555. The Hall–Kier alpha value is -2.50. The van der Waals surface area contributed by atoms with E-state index in [9.17, 15) is 14.5 Å². The zero-order valence-electron chi connectivity index (χ0n) is 9.34. The summed E-state index contributed by atoms with van der Waals surface area (Å²) in [5, 5.41) is 13.6. The first kappa shape index (κ1) is 12.0. The van der Waals surface area contributed by atoms with Crippen LogP contribution in [0.5, 0.6) is 0 Å². The second kappa shape index (κ2) is 5.22. The van der Waals surface area contributed by atoms with E-state index in [0.717, 1.165) is 23.9 Å². The molecule has 92 valence electrons. The van der Waals surface area contributed by atoms with Crippen molar-refractivity contribution in [2.75, 3.05) is 5.32 Å². The number of nitrogens with one attached hydrogen (secondary N) is 1. The van der Waals surface area contributed by atoms with Crippen LogP contribution in [0.25, 0.3) is 0 Å². The Kier molecular flexibility index (Phi) is 3.47. The number of hydrogen-bond donors (Lipinski definition) is 1. The lowest BCUT2D eigenvalue weighted by molar-refractivity contribution is -0.384. The van der Waals surface area contributed by atoms with E-state index in [1.165, 1.54) is 0 Å². The molecule has 0 unspecified atom stereocenters. The lowest BCUT2D eigenvalue weighted by Gasteiger charge is -2.06. The molecule has 0 atom stereocenters. The molecule has 0 fully saturated rings. The van der Waals surface area contributed by atoms with E-state index in [1.54, 1.807) is 18.3 Å². The van der Waals surface area contributed by atoms with E-state index >= 15 is 0 Å². The molecule has 0 saturated heterocycles. The van der Waals surface area contributed by atoms with E-state index in [1.807, 2.05) is 6.07 Å². The van der Waals surface area contributed by atoms with Gasteiger partial charge in [0.2, 0.25) is 0 Å². The Bertz CT molecular complexity index is 561. The quantitative estimate of drug-likeness (QED) is 0.666. The molecule has 0 aliphatic carbocycles. The van der Waals surface area contributed by atoms with Gasteiger partial charge in [-0.1, -0.05) is 6.07 Å². The summed E-state index contributed by atoms with van der Waals surface area (Å²) in [5.41, 5.74) is 0.703. The van der Waals surface area contributed by atoms with Crippen molar-refractivity contribution in [3.63, 3.8) is 0 Å². The smallest absolute Gasteiger partial charge is 0.292 e. The number of rotatable bonds is 4. The van der Waals surface area contributed by atoms with Crippen LogP contribution in [0, 0.1) is 15.9 Å². The number of halogens is 1. The van der Waals surface area contributed by atoms with Crippen molar-refractivity contribution >= 4 is 11.4 Å². The highest BCUT2D eigenvalue weighted by Crippen LogP contribution is 2.25. The van der Waals surface area contributed by atoms with Crippen molar-refractivity contribution in [2.45, 2.75) is 6.54 Å². The lowest BCUT2D eigenvalue weighted by Crippen LogP contribution is -2.04. The van der Waals surface area contributed by atoms with Crippen LogP contribution in [-0.2, 0) is 6.54 Å². The number of pyridine rings is 1. The maximum absolute atomic E-state index is 13.1. The summed E-state index contributed by atoms with van der Waals surface area (Å²) in [4.78, 5) is 14.3. The predicted molar refractivity (Wildman–Crippen MR) is 64.6 cm³/mol. The molecule has 18 heavy (non-hydrogen) atoms. The van der Waals surface area contributed by atoms with Gasteiger partial charge in [0.25, 0.3) is 5.69 Å². The number of nitro groups is 1. The third-order valence-electron chi connectivity index (χ3n) is 2.34. The topological polar surface area (TPSA) is 68.1 Å². The van der Waals surface area contributed by atoms with Gasteiger partial charge in [0.05, 0.1) is 17.2 Å². The molecule has 0 aliphatic heterocycles. The normalized spacial score (nSPS) is 10.1. The van der Waals surface area contributed by atoms with E-state index < -0.39 is 10.7 Å². The van der Waals surface area contributed by atoms with Crippen molar-refractivity contribution in [2.24, 2.45) is 0 Å². The van der Waals surface area contributed by atoms with Crippen molar-refractivity contribution in [3.05, 3.63) is 64.2 Å². The third-order valence-corrected chi connectivity index (χ3v) is 2.34. The molecular weight excluding hydrogens is 237 g/mol. The summed E-state index contributed by atoms with van der Waals surface area (Å²) in [7, 11) is 0. The number of anilines is 1. The molecule has 1 aromatic carbocycles. The van der Waals surface area contributed by atoms with Gasteiger partial charge in [-0.2, -0.15) is 0 Å². The Morgan fingerprint density at radius 3 is 2.83 bits per heavy atom. The van der Waals surface area contributed by atoms with Crippen LogP contribution in [0.4, 0.5) is 15.8 Å². The molecule has 1 heterocycles. The summed E-state index contributed by atoms with van der Waals surface area (Å²) in [5.74, 6) is -0.524. The molecule has 1 aromatic heterocycles. The predicted octanol–water partition coefficient (Wildman–Crippen LogP) is 2.74. The molecule has 0 bridgehead atoms. The van der Waals surface area contributed by atoms with Crippen LogP contribution < -0.4 is 5.32 Å². The van der Waals surface area contributed by atoms with Gasteiger partial charge >= 0.3 is 0 Å². The third kappa shape index (κ3) is 2.79. The van der Waals surface area contributed by atoms with Crippen LogP contribution >= 0.6 is 0 Å².